The summed E-state index contributed by atoms with van der Waals surface area (Å²) in [5, 5.41) is 0. The molecule has 146 valence electrons. The molecule has 27 heavy (non-hydrogen) atoms. The Hall–Kier alpha value is -2.76. The largest absolute Gasteiger partial charge is 0.480 e. The minimum Gasteiger partial charge on any atom is -0.480 e. The Bertz CT molecular complexity index is 784. The first kappa shape index (κ1) is 20.6. The van der Waals surface area contributed by atoms with Crippen LogP contribution in [0, 0.1) is 12.0 Å². The third-order valence-electron chi connectivity index (χ3n) is 4.12. The van der Waals surface area contributed by atoms with Gasteiger partial charge in [0, 0.05) is 12.0 Å². The molecule has 1 aromatic carbocycles. The maximum absolute atomic E-state index is 13.1. The molecule has 0 saturated carbocycles. The highest BCUT2D eigenvalue weighted by Crippen LogP contribution is 2.40. The number of hydrogen-bond donors (Lipinski definition) is 0. The number of nitrogens with zero attached hydrogens (tertiary/aromatic N) is 2. The van der Waals surface area contributed by atoms with E-state index in [1.807, 2.05) is 0 Å². The normalized spacial score (nSPS) is 18.9. The van der Waals surface area contributed by atoms with Gasteiger partial charge in [0.2, 0.25) is 0 Å². The third-order valence-corrected chi connectivity index (χ3v) is 4.12. The maximum atomic E-state index is 13.1. The van der Waals surface area contributed by atoms with E-state index in [0.29, 0.717) is 6.07 Å². The molecular weight excluding hydrogens is 365 g/mol. The Morgan fingerprint density at radius 3 is 2.63 bits per heavy atom. The van der Waals surface area contributed by atoms with E-state index in [9.17, 15) is 22.8 Å². The Morgan fingerprint density at radius 1 is 1.41 bits per heavy atom. The van der Waals surface area contributed by atoms with E-state index in [2.05, 4.69) is 4.85 Å². The Labute approximate surface area is 154 Å². The van der Waals surface area contributed by atoms with Crippen molar-refractivity contribution < 1.29 is 32.2 Å². The molecule has 1 unspecified atom stereocenters. The Balaban J connectivity index is 2.25. The maximum Gasteiger partial charge on any atom is 0.407 e. The summed E-state index contributed by atoms with van der Waals surface area (Å²) in [7, 11) is 0. The van der Waals surface area contributed by atoms with Gasteiger partial charge in [-0.3, -0.25) is 9.59 Å². The zero-order valence-electron chi connectivity index (χ0n) is 15.1. The molecule has 0 aliphatic carbocycles. The van der Waals surface area contributed by atoms with Crippen LogP contribution in [0.3, 0.4) is 0 Å². The molecule has 1 heterocycles. The number of halogens is 3. The summed E-state index contributed by atoms with van der Waals surface area (Å²) in [5.41, 5.74) is -2.40. The highest BCUT2D eigenvalue weighted by atomic mass is 19.4. The van der Waals surface area contributed by atoms with E-state index in [1.165, 1.54) is 11.0 Å². The number of esters is 1. The molecule has 9 heteroatoms. The third kappa shape index (κ3) is 4.51. The highest BCUT2D eigenvalue weighted by molar-refractivity contribution is 5.88. The number of likely N-dealkylation sites (tertiary alicyclic amines) is 1. The van der Waals surface area contributed by atoms with Gasteiger partial charge in [-0.1, -0.05) is 19.9 Å². The first-order valence-corrected chi connectivity index (χ1v) is 8.19. The van der Waals surface area contributed by atoms with Crippen molar-refractivity contribution >= 4 is 17.6 Å². The van der Waals surface area contributed by atoms with Gasteiger partial charge in [0.15, 0.2) is 11.8 Å². The van der Waals surface area contributed by atoms with Crippen molar-refractivity contribution in [2.45, 2.75) is 33.1 Å². The summed E-state index contributed by atoms with van der Waals surface area (Å²) in [6.07, 6.45) is -5.78. The van der Waals surface area contributed by atoms with E-state index in [4.69, 9.17) is 16.0 Å². The van der Waals surface area contributed by atoms with Crippen molar-refractivity contribution in [2.75, 3.05) is 19.7 Å². The predicted molar refractivity (Wildman–Crippen MR) is 89.1 cm³/mol. The quantitative estimate of drug-likeness (QED) is 0.577. The van der Waals surface area contributed by atoms with E-state index in [0.717, 1.165) is 6.07 Å². The van der Waals surface area contributed by atoms with E-state index >= 15 is 0 Å². The molecule has 0 aromatic heterocycles. The molecular formula is C18H19F3N2O4. The predicted octanol–water partition coefficient (Wildman–Crippen LogP) is 3.44. The van der Waals surface area contributed by atoms with Crippen LogP contribution in [0.1, 0.15) is 26.3 Å². The fourth-order valence-corrected chi connectivity index (χ4v) is 2.91. The van der Waals surface area contributed by atoms with Crippen molar-refractivity contribution in [2.24, 2.45) is 5.41 Å². The fourth-order valence-electron chi connectivity index (χ4n) is 2.91. The molecule has 6 nitrogen and oxygen atoms in total. The number of hydrogen-bond acceptors (Lipinski definition) is 4. The van der Waals surface area contributed by atoms with Crippen molar-refractivity contribution in [1.82, 2.24) is 4.90 Å². The number of benzene rings is 1. The van der Waals surface area contributed by atoms with Crippen molar-refractivity contribution in [3.63, 3.8) is 0 Å². The lowest BCUT2D eigenvalue weighted by Crippen LogP contribution is -2.38. The first-order valence-electron chi connectivity index (χ1n) is 8.19. The number of amides is 1. The molecule has 1 aliphatic heterocycles. The summed E-state index contributed by atoms with van der Waals surface area (Å²) in [5.74, 6) is -1.24. The van der Waals surface area contributed by atoms with Gasteiger partial charge in [-0.2, -0.15) is 13.2 Å². The smallest absolute Gasteiger partial charge is 0.407 e. The number of carbonyl (C=O) groups is 2. The topological polar surface area (TPSA) is 60.2 Å². The van der Waals surface area contributed by atoms with Crippen molar-refractivity contribution in [1.29, 1.82) is 0 Å². The molecule has 2 rings (SSSR count). The lowest BCUT2D eigenvalue weighted by molar-refractivity contribution is -0.148. The number of carbonyl (C=O) groups excluding carboxylic acids is 2. The van der Waals surface area contributed by atoms with Crippen LogP contribution in [0.5, 0.6) is 5.75 Å². The summed E-state index contributed by atoms with van der Waals surface area (Å²) in [6, 6.07) is 2.94. The van der Waals surface area contributed by atoms with Crippen LogP contribution in [-0.2, 0) is 20.5 Å². The van der Waals surface area contributed by atoms with Crippen LogP contribution < -0.4 is 4.74 Å². The standard InChI is InChI=1S/C18H19F3N2O4/c1-5-26-14(24)9-23-10-17(2,3)15(16(23)25)27-11-6-7-13(22-4)12(8-11)18(19,20)21/h6-8,15H,5,9-10H2,1-3H3. The van der Waals surface area contributed by atoms with Gasteiger partial charge >= 0.3 is 12.1 Å². The van der Waals surface area contributed by atoms with Gasteiger partial charge in [0.1, 0.15) is 12.3 Å². The minimum absolute atomic E-state index is 0.167. The van der Waals surface area contributed by atoms with Crippen LogP contribution in [0.15, 0.2) is 18.2 Å². The fraction of sp³-hybridized carbons (Fsp3) is 0.500. The second kappa shape index (κ2) is 7.47. The SMILES string of the molecule is [C-]#[N+]c1ccc(OC2C(=O)N(CC(=O)OCC)CC2(C)C)cc1C(F)(F)F. The van der Waals surface area contributed by atoms with E-state index in [-0.39, 0.29) is 25.4 Å². The van der Waals surface area contributed by atoms with Crippen molar-refractivity contribution in [3.05, 3.63) is 35.2 Å². The molecule has 1 amide bonds. The van der Waals surface area contributed by atoms with Gasteiger partial charge in [0.05, 0.1) is 18.7 Å². The van der Waals surface area contributed by atoms with E-state index < -0.39 is 40.8 Å². The zero-order chi connectivity index (χ0) is 20.4. The van der Waals surface area contributed by atoms with Crippen LogP contribution in [0.4, 0.5) is 18.9 Å². The molecule has 0 radical (unpaired) electrons. The van der Waals surface area contributed by atoms with Gasteiger partial charge in [-0.05, 0) is 19.1 Å². The van der Waals surface area contributed by atoms with Gasteiger partial charge in [0.25, 0.3) is 5.91 Å². The summed E-state index contributed by atoms with van der Waals surface area (Å²) in [6.45, 7) is 12.1. The molecule has 0 N–H and O–H groups in total. The summed E-state index contributed by atoms with van der Waals surface area (Å²) >= 11 is 0. The average Bonchev–Trinajstić information content (AvgIpc) is 2.77. The second-order valence-corrected chi connectivity index (χ2v) is 6.77. The number of ether oxygens (including phenoxy) is 2. The van der Waals surface area contributed by atoms with Gasteiger partial charge in [-0.15, -0.1) is 0 Å². The molecule has 1 fully saturated rings. The average molecular weight is 384 g/mol. The highest BCUT2D eigenvalue weighted by Gasteiger charge is 2.48. The van der Waals surface area contributed by atoms with Gasteiger partial charge < -0.3 is 14.4 Å². The second-order valence-electron chi connectivity index (χ2n) is 6.77. The lowest BCUT2D eigenvalue weighted by Gasteiger charge is -2.24. The van der Waals surface area contributed by atoms with Gasteiger partial charge in [-0.25, -0.2) is 4.85 Å². The molecule has 1 aromatic rings. The minimum atomic E-state index is -4.72. The van der Waals surface area contributed by atoms with Crippen molar-refractivity contribution in [3.8, 4) is 5.75 Å². The monoisotopic (exact) mass is 384 g/mol. The molecule has 1 atom stereocenters. The Kier molecular flexibility index (Phi) is 5.68. The van der Waals surface area contributed by atoms with Crippen LogP contribution in [-0.4, -0.2) is 42.6 Å². The zero-order valence-corrected chi connectivity index (χ0v) is 15.1. The first-order chi connectivity index (χ1) is 12.5. The molecule has 0 bridgehead atoms. The molecule has 1 saturated heterocycles. The van der Waals surface area contributed by atoms with Crippen LogP contribution in [0.2, 0.25) is 0 Å². The van der Waals surface area contributed by atoms with Crippen LogP contribution in [0.25, 0.3) is 4.85 Å². The van der Waals surface area contributed by atoms with E-state index in [1.54, 1.807) is 20.8 Å². The summed E-state index contributed by atoms with van der Waals surface area (Å²) < 4.78 is 49.7. The molecule has 1 aliphatic rings. The number of alkyl halides is 3. The summed E-state index contributed by atoms with van der Waals surface area (Å²) in [4.78, 5) is 28.4. The lowest BCUT2D eigenvalue weighted by atomic mass is 9.89. The molecule has 0 spiro atoms. The Morgan fingerprint density at radius 2 is 2.07 bits per heavy atom. The van der Waals surface area contributed by atoms with Crippen LogP contribution >= 0.6 is 0 Å². The number of rotatable bonds is 5.